The molecule has 174 valence electrons. The first kappa shape index (κ1) is 23.3. The van der Waals surface area contributed by atoms with Crippen molar-refractivity contribution in [1.29, 1.82) is 0 Å². The Labute approximate surface area is 192 Å². The molecule has 0 radical (unpaired) electrons. The van der Waals surface area contributed by atoms with E-state index in [9.17, 15) is 4.39 Å². The Morgan fingerprint density at radius 1 is 0.938 bits per heavy atom. The summed E-state index contributed by atoms with van der Waals surface area (Å²) in [5.41, 5.74) is 0.567. The SMILES string of the molecule is C/C=C/C1CCC(C(C)C2CCC(c3cc4ccc(OCC)cc4c(F)c3F)CC2)CC1. The molecule has 2 aliphatic carbocycles. The molecule has 1 nitrogen and oxygen atoms in total. The zero-order chi connectivity index (χ0) is 22.7. The van der Waals surface area contributed by atoms with Crippen molar-refractivity contribution in [2.75, 3.05) is 6.61 Å². The van der Waals surface area contributed by atoms with Crippen LogP contribution in [-0.4, -0.2) is 6.61 Å². The minimum atomic E-state index is -0.729. The highest BCUT2D eigenvalue weighted by Gasteiger charge is 2.33. The van der Waals surface area contributed by atoms with Crippen molar-refractivity contribution in [3.05, 3.63) is 53.6 Å². The van der Waals surface area contributed by atoms with Crippen LogP contribution < -0.4 is 4.74 Å². The Kier molecular flexibility index (Phi) is 7.53. The van der Waals surface area contributed by atoms with Crippen LogP contribution in [0.4, 0.5) is 8.78 Å². The first-order valence-electron chi connectivity index (χ1n) is 12.7. The molecule has 0 saturated heterocycles. The number of allylic oxidation sites excluding steroid dienone is 2. The normalized spacial score (nSPS) is 27.7. The third-order valence-electron chi connectivity index (χ3n) is 8.31. The molecule has 2 saturated carbocycles. The fourth-order valence-corrected chi connectivity index (χ4v) is 6.36. The topological polar surface area (TPSA) is 9.23 Å². The van der Waals surface area contributed by atoms with Gasteiger partial charge in [-0.05, 0) is 124 Å². The molecule has 0 heterocycles. The van der Waals surface area contributed by atoms with Crippen LogP contribution in [0.2, 0.25) is 0 Å². The summed E-state index contributed by atoms with van der Waals surface area (Å²) in [6, 6.07) is 7.19. The molecule has 1 atom stereocenters. The number of hydrogen-bond donors (Lipinski definition) is 0. The van der Waals surface area contributed by atoms with Crippen LogP contribution in [0.5, 0.6) is 5.75 Å². The predicted octanol–water partition coefficient (Wildman–Crippen LogP) is 8.81. The first-order chi connectivity index (χ1) is 15.5. The molecule has 0 amide bonds. The fourth-order valence-electron chi connectivity index (χ4n) is 6.36. The molecule has 0 bridgehead atoms. The minimum Gasteiger partial charge on any atom is -0.494 e. The van der Waals surface area contributed by atoms with Crippen LogP contribution in [0.25, 0.3) is 10.8 Å². The smallest absolute Gasteiger partial charge is 0.167 e. The lowest BCUT2D eigenvalue weighted by Crippen LogP contribution is -2.28. The third kappa shape index (κ3) is 4.87. The van der Waals surface area contributed by atoms with Gasteiger partial charge in [0.2, 0.25) is 0 Å². The quantitative estimate of drug-likeness (QED) is 0.408. The van der Waals surface area contributed by atoms with Gasteiger partial charge in [0.15, 0.2) is 11.6 Å². The largest absolute Gasteiger partial charge is 0.494 e. The van der Waals surface area contributed by atoms with Crippen molar-refractivity contribution in [2.45, 2.75) is 78.1 Å². The van der Waals surface area contributed by atoms with Crippen LogP contribution in [0.1, 0.15) is 83.6 Å². The van der Waals surface area contributed by atoms with Crippen molar-refractivity contribution in [1.82, 2.24) is 0 Å². The van der Waals surface area contributed by atoms with E-state index >= 15 is 4.39 Å². The lowest BCUT2D eigenvalue weighted by Gasteiger charge is -2.39. The summed E-state index contributed by atoms with van der Waals surface area (Å²) in [6.45, 7) is 6.95. The molecular formula is C29H38F2O. The molecule has 0 aliphatic heterocycles. The van der Waals surface area contributed by atoms with E-state index in [1.165, 1.54) is 25.7 Å². The maximum Gasteiger partial charge on any atom is 0.167 e. The maximum atomic E-state index is 15.1. The molecule has 0 aromatic heterocycles. The van der Waals surface area contributed by atoms with Gasteiger partial charge in [-0.1, -0.05) is 25.1 Å². The Hall–Kier alpha value is -1.90. The van der Waals surface area contributed by atoms with Crippen LogP contribution in [0, 0.1) is 35.3 Å². The predicted molar refractivity (Wildman–Crippen MR) is 129 cm³/mol. The van der Waals surface area contributed by atoms with Crippen LogP contribution in [0.3, 0.4) is 0 Å². The Morgan fingerprint density at radius 2 is 1.59 bits per heavy atom. The monoisotopic (exact) mass is 440 g/mol. The molecule has 3 heteroatoms. The highest BCUT2D eigenvalue weighted by molar-refractivity contribution is 5.85. The number of rotatable bonds is 6. The van der Waals surface area contributed by atoms with E-state index in [-0.39, 0.29) is 5.92 Å². The van der Waals surface area contributed by atoms with Crippen LogP contribution in [0.15, 0.2) is 36.4 Å². The lowest BCUT2D eigenvalue weighted by atomic mass is 9.67. The van der Waals surface area contributed by atoms with Gasteiger partial charge in [-0.3, -0.25) is 0 Å². The molecule has 2 aliphatic rings. The zero-order valence-electron chi connectivity index (χ0n) is 19.9. The summed E-state index contributed by atoms with van der Waals surface area (Å²) in [4.78, 5) is 0. The Balaban J connectivity index is 1.41. The Bertz CT molecular complexity index is 934. The van der Waals surface area contributed by atoms with Gasteiger partial charge >= 0.3 is 0 Å². The summed E-state index contributed by atoms with van der Waals surface area (Å²) >= 11 is 0. The molecule has 1 unspecified atom stereocenters. The summed E-state index contributed by atoms with van der Waals surface area (Å²) in [5.74, 6) is 2.36. The van der Waals surface area contributed by atoms with Crippen molar-refractivity contribution >= 4 is 10.8 Å². The molecule has 2 aromatic carbocycles. The van der Waals surface area contributed by atoms with Gasteiger partial charge in [-0.2, -0.15) is 0 Å². The number of ether oxygens (including phenoxy) is 1. The molecule has 0 spiro atoms. The van der Waals surface area contributed by atoms with Gasteiger partial charge in [0, 0.05) is 5.39 Å². The van der Waals surface area contributed by atoms with E-state index in [1.807, 2.05) is 25.1 Å². The third-order valence-corrected chi connectivity index (χ3v) is 8.31. The highest BCUT2D eigenvalue weighted by atomic mass is 19.2. The zero-order valence-corrected chi connectivity index (χ0v) is 19.9. The van der Waals surface area contributed by atoms with Gasteiger partial charge in [0.05, 0.1) is 6.61 Å². The van der Waals surface area contributed by atoms with Crippen molar-refractivity contribution in [3.8, 4) is 5.75 Å². The van der Waals surface area contributed by atoms with Gasteiger partial charge in [-0.15, -0.1) is 0 Å². The number of hydrogen-bond acceptors (Lipinski definition) is 1. The van der Waals surface area contributed by atoms with Crippen LogP contribution >= 0.6 is 0 Å². The maximum absolute atomic E-state index is 15.1. The Morgan fingerprint density at radius 3 is 2.22 bits per heavy atom. The fraction of sp³-hybridized carbons (Fsp3) is 0.586. The number of halogens is 2. The van der Waals surface area contributed by atoms with Crippen molar-refractivity contribution in [2.24, 2.45) is 23.7 Å². The lowest BCUT2D eigenvalue weighted by molar-refractivity contribution is 0.142. The van der Waals surface area contributed by atoms with Crippen LogP contribution in [-0.2, 0) is 0 Å². The average molecular weight is 441 g/mol. The second-order valence-corrected chi connectivity index (χ2v) is 10.1. The molecule has 2 fully saturated rings. The van der Waals surface area contributed by atoms with E-state index in [0.717, 1.165) is 54.7 Å². The molecule has 4 rings (SSSR count). The van der Waals surface area contributed by atoms with Crippen molar-refractivity contribution in [3.63, 3.8) is 0 Å². The van der Waals surface area contributed by atoms with Crippen molar-refractivity contribution < 1.29 is 13.5 Å². The number of benzene rings is 2. The number of fused-ring (bicyclic) bond motifs is 1. The summed E-state index contributed by atoms with van der Waals surface area (Å²) in [7, 11) is 0. The van der Waals surface area contributed by atoms with E-state index in [2.05, 4.69) is 26.0 Å². The van der Waals surface area contributed by atoms with E-state index in [0.29, 0.717) is 23.3 Å². The van der Waals surface area contributed by atoms with Gasteiger partial charge in [-0.25, -0.2) is 8.78 Å². The van der Waals surface area contributed by atoms with E-state index in [4.69, 9.17) is 4.74 Å². The van der Waals surface area contributed by atoms with Gasteiger partial charge in [0.25, 0.3) is 0 Å². The standard InChI is InChI=1S/C29H38F2O/c1-4-6-20-7-9-21(10-8-20)19(3)22-11-13-23(14-12-22)26-17-24-15-16-25(32-5-2)18-27(24)29(31)28(26)30/h4,6,15-23H,5,7-14H2,1-3H3/b6-4+. The molecular weight excluding hydrogens is 402 g/mol. The second kappa shape index (κ2) is 10.4. The first-order valence-corrected chi connectivity index (χ1v) is 12.7. The van der Waals surface area contributed by atoms with E-state index < -0.39 is 11.6 Å². The van der Waals surface area contributed by atoms with Gasteiger partial charge in [0.1, 0.15) is 5.75 Å². The second-order valence-electron chi connectivity index (χ2n) is 10.1. The molecule has 32 heavy (non-hydrogen) atoms. The molecule has 0 N–H and O–H groups in total. The minimum absolute atomic E-state index is 0.120. The van der Waals surface area contributed by atoms with E-state index in [1.54, 1.807) is 6.07 Å². The molecule has 2 aromatic rings. The summed E-state index contributed by atoms with van der Waals surface area (Å²) < 4.78 is 35.5. The summed E-state index contributed by atoms with van der Waals surface area (Å²) in [5, 5.41) is 1.07. The summed E-state index contributed by atoms with van der Waals surface area (Å²) in [6.07, 6.45) is 14.1. The highest BCUT2D eigenvalue weighted by Crippen LogP contribution is 2.45. The van der Waals surface area contributed by atoms with Gasteiger partial charge < -0.3 is 4.74 Å². The average Bonchev–Trinajstić information content (AvgIpc) is 2.82.